The summed E-state index contributed by atoms with van der Waals surface area (Å²) in [5.74, 6) is 1.79. The van der Waals surface area contributed by atoms with Crippen LogP contribution in [0.5, 0.6) is 0 Å². The monoisotopic (exact) mass is 221 g/mol. The molecule has 0 aliphatic rings. The number of hydrogen-bond donors (Lipinski definition) is 1. The second-order valence-corrected chi connectivity index (χ2v) is 3.74. The predicted molar refractivity (Wildman–Crippen MR) is 58.6 cm³/mol. The number of hydrogen-bond acceptors (Lipinski definition) is 5. The number of furan rings is 1. The molecule has 2 N–H and O–H groups in total. The van der Waals surface area contributed by atoms with Gasteiger partial charge in [-0.1, -0.05) is 18.5 Å². The fourth-order valence-corrected chi connectivity index (χ4v) is 1.55. The molecule has 1 atom stereocenters. The minimum atomic E-state index is -0.182. The standard InChI is InChI=1S/C11H15N3O2/c1-3-4-9(12)11-13-10(14-16-11)8-5-6-15-7(8)2/h5-6,9H,3-4,12H2,1-2H3/t9-/m0/s1. The van der Waals surface area contributed by atoms with E-state index < -0.39 is 0 Å². The molecule has 2 aromatic rings. The van der Waals surface area contributed by atoms with Crippen LogP contribution in [0.25, 0.3) is 11.4 Å². The Morgan fingerprint density at radius 1 is 1.50 bits per heavy atom. The van der Waals surface area contributed by atoms with E-state index in [0.29, 0.717) is 11.7 Å². The van der Waals surface area contributed by atoms with Gasteiger partial charge >= 0.3 is 0 Å². The van der Waals surface area contributed by atoms with E-state index in [-0.39, 0.29) is 6.04 Å². The maximum absolute atomic E-state index is 5.89. The summed E-state index contributed by atoms with van der Waals surface area (Å²) in [7, 11) is 0. The first kappa shape index (κ1) is 10.9. The van der Waals surface area contributed by atoms with Gasteiger partial charge in [-0.05, 0) is 19.4 Å². The molecule has 0 bridgehead atoms. The first-order valence-electron chi connectivity index (χ1n) is 5.36. The molecule has 0 amide bonds. The first-order chi connectivity index (χ1) is 7.72. The average molecular weight is 221 g/mol. The van der Waals surface area contributed by atoms with Crippen molar-refractivity contribution in [3.63, 3.8) is 0 Å². The van der Waals surface area contributed by atoms with Gasteiger partial charge < -0.3 is 14.7 Å². The molecule has 0 spiro atoms. The number of aryl methyl sites for hydroxylation is 1. The molecule has 16 heavy (non-hydrogen) atoms. The van der Waals surface area contributed by atoms with Gasteiger partial charge in [0.05, 0.1) is 17.9 Å². The Bertz CT molecular complexity index is 461. The van der Waals surface area contributed by atoms with E-state index in [9.17, 15) is 0 Å². The maximum Gasteiger partial charge on any atom is 0.243 e. The van der Waals surface area contributed by atoms with Crippen LogP contribution in [0.15, 0.2) is 21.3 Å². The smallest absolute Gasteiger partial charge is 0.243 e. The van der Waals surface area contributed by atoms with E-state index in [4.69, 9.17) is 14.7 Å². The molecule has 0 fully saturated rings. The number of rotatable bonds is 4. The summed E-state index contributed by atoms with van der Waals surface area (Å²) in [6.45, 7) is 3.93. The number of nitrogens with zero attached hydrogens (tertiary/aromatic N) is 2. The average Bonchev–Trinajstić information content (AvgIpc) is 2.86. The van der Waals surface area contributed by atoms with Crippen molar-refractivity contribution in [3.8, 4) is 11.4 Å². The van der Waals surface area contributed by atoms with Gasteiger partial charge in [0.15, 0.2) is 0 Å². The van der Waals surface area contributed by atoms with Crippen LogP contribution in [0.2, 0.25) is 0 Å². The van der Waals surface area contributed by atoms with Gasteiger partial charge in [-0.25, -0.2) is 0 Å². The molecule has 5 nitrogen and oxygen atoms in total. The molecule has 0 aromatic carbocycles. The van der Waals surface area contributed by atoms with E-state index in [1.54, 1.807) is 6.26 Å². The third kappa shape index (κ3) is 1.99. The van der Waals surface area contributed by atoms with Crippen LogP contribution in [0.1, 0.15) is 37.5 Å². The van der Waals surface area contributed by atoms with Crippen LogP contribution in [0.4, 0.5) is 0 Å². The van der Waals surface area contributed by atoms with E-state index in [1.807, 2.05) is 13.0 Å². The third-order valence-electron chi connectivity index (χ3n) is 2.46. The Kier molecular flexibility index (Phi) is 3.05. The minimum absolute atomic E-state index is 0.182. The Hall–Kier alpha value is -1.62. The quantitative estimate of drug-likeness (QED) is 0.857. The fourth-order valence-electron chi connectivity index (χ4n) is 1.55. The zero-order valence-corrected chi connectivity index (χ0v) is 9.43. The Balaban J connectivity index is 2.23. The van der Waals surface area contributed by atoms with Gasteiger partial charge in [-0.15, -0.1) is 0 Å². The van der Waals surface area contributed by atoms with Crippen molar-refractivity contribution in [2.45, 2.75) is 32.7 Å². The molecule has 86 valence electrons. The summed E-state index contributed by atoms with van der Waals surface area (Å²) in [4.78, 5) is 4.27. The van der Waals surface area contributed by atoms with Crippen molar-refractivity contribution in [2.24, 2.45) is 5.73 Å². The largest absolute Gasteiger partial charge is 0.469 e. The van der Waals surface area contributed by atoms with Gasteiger partial charge in [0, 0.05) is 0 Å². The second kappa shape index (κ2) is 4.49. The summed E-state index contributed by atoms with van der Waals surface area (Å²) in [6.07, 6.45) is 3.43. The predicted octanol–water partition coefficient (Wildman–Crippen LogP) is 2.44. The fraction of sp³-hybridized carbons (Fsp3) is 0.455. The topological polar surface area (TPSA) is 78.1 Å². The highest BCUT2D eigenvalue weighted by Gasteiger charge is 2.16. The Morgan fingerprint density at radius 2 is 2.31 bits per heavy atom. The van der Waals surface area contributed by atoms with E-state index in [0.717, 1.165) is 24.2 Å². The number of nitrogens with two attached hydrogens (primary N) is 1. The lowest BCUT2D eigenvalue weighted by Gasteiger charge is -2.01. The molecule has 0 radical (unpaired) electrons. The van der Waals surface area contributed by atoms with E-state index >= 15 is 0 Å². The summed E-state index contributed by atoms with van der Waals surface area (Å²) in [6, 6.07) is 1.63. The van der Waals surface area contributed by atoms with Gasteiger partial charge in [0.25, 0.3) is 0 Å². The van der Waals surface area contributed by atoms with Crippen LogP contribution < -0.4 is 5.73 Å². The lowest BCUT2D eigenvalue weighted by atomic mass is 10.2. The first-order valence-corrected chi connectivity index (χ1v) is 5.36. The number of aromatic nitrogens is 2. The molecule has 0 saturated heterocycles. The van der Waals surface area contributed by atoms with Crippen LogP contribution in [-0.2, 0) is 0 Å². The van der Waals surface area contributed by atoms with Crippen LogP contribution in [0.3, 0.4) is 0 Å². The highest BCUT2D eigenvalue weighted by atomic mass is 16.5. The van der Waals surface area contributed by atoms with Gasteiger partial charge in [-0.2, -0.15) is 4.98 Å². The zero-order valence-electron chi connectivity index (χ0n) is 9.43. The molecule has 0 aliphatic heterocycles. The molecule has 0 saturated carbocycles. The highest BCUT2D eigenvalue weighted by molar-refractivity contribution is 5.56. The van der Waals surface area contributed by atoms with E-state index in [1.165, 1.54) is 0 Å². The molecular weight excluding hydrogens is 206 g/mol. The van der Waals surface area contributed by atoms with Crippen LogP contribution in [-0.4, -0.2) is 10.1 Å². The summed E-state index contributed by atoms with van der Waals surface area (Å²) >= 11 is 0. The second-order valence-electron chi connectivity index (χ2n) is 3.74. The van der Waals surface area contributed by atoms with Crippen molar-refractivity contribution in [1.29, 1.82) is 0 Å². The SMILES string of the molecule is CCC[C@H](N)c1nc(-c2ccoc2C)no1. The van der Waals surface area contributed by atoms with Gasteiger partial charge in [-0.3, -0.25) is 0 Å². The molecule has 2 heterocycles. The van der Waals surface area contributed by atoms with Crippen LogP contribution in [0, 0.1) is 6.92 Å². The molecule has 0 unspecified atom stereocenters. The normalized spacial score (nSPS) is 12.9. The Labute approximate surface area is 93.6 Å². The highest BCUT2D eigenvalue weighted by Crippen LogP contribution is 2.23. The van der Waals surface area contributed by atoms with Crippen molar-refractivity contribution < 1.29 is 8.94 Å². The molecule has 2 rings (SSSR count). The third-order valence-corrected chi connectivity index (χ3v) is 2.46. The van der Waals surface area contributed by atoms with Crippen LogP contribution >= 0.6 is 0 Å². The van der Waals surface area contributed by atoms with Crippen molar-refractivity contribution in [2.75, 3.05) is 0 Å². The van der Waals surface area contributed by atoms with Crippen molar-refractivity contribution >= 4 is 0 Å². The lowest BCUT2D eigenvalue weighted by Crippen LogP contribution is -2.09. The van der Waals surface area contributed by atoms with Gasteiger partial charge in [0.1, 0.15) is 5.76 Å². The molecular formula is C11H15N3O2. The molecule has 2 aromatic heterocycles. The molecule has 5 heteroatoms. The summed E-state index contributed by atoms with van der Waals surface area (Å²) in [5, 5.41) is 3.90. The lowest BCUT2D eigenvalue weighted by molar-refractivity contribution is 0.348. The van der Waals surface area contributed by atoms with Crippen molar-refractivity contribution in [3.05, 3.63) is 24.0 Å². The minimum Gasteiger partial charge on any atom is -0.469 e. The van der Waals surface area contributed by atoms with E-state index in [2.05, 4.69) is 17.1 Å². The summed E-state index contributed by atoms with van der Waals surface area (Å²) in [5.41, 5.74) is 6.74. The summed E-state index contributed by atoms with van der Waals surface area (Å²) < 4.78 is 10.3. The van der Waals surface area contributed by atoms with Crippen molar-refractivity contribution in [1.82, 2.24) is 10.1 Å². The van der Waals surface area contributed by atoms with Gasteiger partial charge in [0.2, 0.25) is 11.7 Å². The Morgan fingerprint density at radius 3 is 2.94 bits per heavy atom. The maximum atomic E-state index is 5.89. The molecule has 0 aliphatic carbocycles. The zero-order chi connectivity index (χ0) is 11.5.